The Hall–Kier alpha value is -1.00. The molecule has 0 saturated carbocycles. The zero-order valence-corrected chi connectivity index (χ0v) is 8.65. The molecule has 2 aliphatic rings. The van der Waals surface area contributed by atoms with Crippen LogP contribution in [0.4, 0.5) is 0 Å². The maximum absolute atomic E-state index is 3.37. The fraction of sp³-hybridized carbons (Fsp3) is 0.462. The van der Waals surface area contributed by atoms with Gasteiger partial charge in [-0.15, -0.1) is 5.73 Å². The zero-order chi connectivity index (χ0) is 9.47. The average molecular weight is 172 g/mol. The molecule has 0 nitrogen and oxygen atoms in total. The molecule has 0 spiro atoms. The van der Waals surface area contributed by atoms with Crippen LogP contribution in [0.1, 0.15) is 33.6 Å². The Morgan fingerprint density at radius 2 is 2.15 bits per heavy atom. The van der Waals surface area contributed by atoms with Gasteiger partial charge in [-0.05, 0) is 42.6 Å². The standard InChI is InChI=1S/C13H16/c1-10-8-9-11-6-4-5-7-12(11)13(10,2)3/h5,7,9H,4,6H2,1-3H3. The lowest BCUT2D eigenvalue weighted by Gasteiger charge is -2.32. The number of rotatable bonds is 0. The van der Waals surface area contributed by atoms with Crippen molar-refractivity contribution in [1.29, 1.82) is 0 Å². The minimum Gasteiger partial charge on any atom is -0.121 e. The lowest BCUT2D eigenvalue weighted by molar-refractivity contribution is 0.539. The van der Waals surface area contributed by atoms with Crippen LogP contribution < -0.4 is 0 Å². The molecule has 2 rings (SSSR count). The highest BCUT2D eigenvalue weighted by Gasteiger charge is 2.28. The Balaban J connectivity index is 2.57. The fourth-order valence-electron chi connectivity index (χ4n) is 2.02. The summed E-state index contributed by atoms with van der Waals surface area (Å²) in [4.78, 5) is 0. The summed E-state index contributed by atoms with van der Waals surface area (Å²) in [6.07, 6.45) is 9.12. The molecule has 0 amide bonds. The van der Waals surface area contributed by atoms with Crippen LogP contribution in [0.15, 0.2) is 40.7 Å². The molecule has 0 aromatic rings. The average Bonchev–Trinajstić information content (AvgIpc) is 2.13. The van der Waals surface area contributed by atoms with Crippen molar-refractivity contribution < 1.29 is 0 Å². The molecule has 0 N–H and O–H groups in total. The van der Waals surface area contributed by atoms with Gasteiger partial charge in [-0.3, -0.25) is 0 Å². The van der Waals surface area contributed by atoms with Crippen molar-refractivity contribution in [3.63, 3.8) is 0 Å². The van der Waals surface area contributed by atoms with Gasteiger partial charge in [0, 0.05) is 5.41 Å². The molecule has 13 heavy (non-hydrogen) atoms. The van der Waals surface area contributed by atoms with E-state index in [1.807, 2.05) is 0 Å². The van der Waals surface area contributed by atoms with Gasteiger partial charge in [0.2, 0.25) is 0 Å². The van der Waals surface area contributed by atoms with Gasteiger partial charge < -0.3 is 0 Å². The Labute approximate surface area is 80.3 Å². The van der Waals surface area contributed by atoms with Gasteiger partial charge in [0.1, 0.15) is 0 Å². The molecule has 0 aliphatic heterocycles. The van der Waals surface area contributed by atoms with Crippen molar-refractivity contribution in [2.45, 2.75) is 33.6 Å². The molecule has 68 valence electrons. The largest absolute Gasteiger partial charge is 0.121 e. The highest BCUT2D eigenvalue weighted by Crippen LogP contribution is 2.41. The summed E-state index contributed by atoms with van der Waals surface area (Å²) < 4.78 is 0. The second kappa shape index (κ2) is 2.75. The third kappa shape index (κ3) is 1.22. The van der Waals surface area contributed by atoms with Crippen molar-refractivity contribution in [3.8, 4) is 0 Å². The Kier molecular flexibility index (Phi) is 1.82. The second-order valence-corrected chi connectivity index (χ2v) is 4.42. The summed E-state index contributed by atoms with van der Waals surface area (Å²) in [6.45, 7) is 6.74. The van der Waals surface area contributed by atoms with E-state index in [4.69, 9.17) is 0 Å². The number of allylic oxidation sites excluding steroid dienone is 5. The third-order valence-electron chi connectivity index (χ3n) is 3.28. The summed E-state index contributed by atoms with van der Waals surface area (Å²) in [6, 6.07) is 0. The Morgan fingerprint density at radius 1 is 1.38 bits per heavy atom. The minimum atomic E-state index is 0.195. The van der Waals surface area contributed by atoms with Gasteiger partial charge in [0.05, 0.1) is 0 Å². The number of hydrogen-bond acceptors (Lipinski definition) is 0. The van der Waals surface area contributed by atoms with E-state index >= 15 is 0 Å². The molecule has 0 heterocycles. The lowest BCUT2D eigenvalue weighted by Crippen LogP contribution is -2.19. The maximum atomic E-state index is 3.37. The fourth-order valence-corrected chi connectivity index (χ4v) is 2.02. The molecule has 0 saturated heterocycles. The predicted octanol–water partition coefficient (Wildman–Crippen LogP) is 3.77. The van der Waals surface area contributed by atoms with Gasteiger partial charge in [-0.2, -0.15) is 0 Å². The predicted molar refractivity (Wildman–Crippen MR) is 56.5 cm³/mol. The molecule has 0 aromatic carbocycles. The summed E-state index contributed by atoms with van der Waals surface area (Å²) in [5, 5.41) is 0. The van der Waals surface area contributed by atoms with E-state index in [1.54, 1.807) is 0 Å². The van der Waals surface area contributed by atoms with Gasteiger partial charge in [-0.25, -0.2) is 0 Å². The molecule has 0 heteroatoms. The summed E-state index contributed by atoms with van der Waals surface area (Å²) in [5.74, 6) is 0. The van der Waals surface area contributed by atoms with E-state index in [2.05, 4.69) is 44.7 Å². The van der Waals surface area contributed by atoms with Crippen molar-refractivity contribution in [1.82, 2.24) is 0 Å². The molecule has 2 aliphatic carbocycles. The van der Waals surface area contributed by atoms with E-state index in [0.29, 0.717) is 0 Å². The summed E-state index contributed by atoms with van der Waals surface area (Å²) in [5.41, 5.74) is 7.89. The first-order chi connectivity index (χ1) is 6.12. The molecular weight excluding hydrogens is 156 g/mol. The van der Waals surface area contributed by atoms with Crippen molar-refractivity contribution >= 4 is 0 Å². The maximum Gasteiger partial charge on any atom is 0.0181 e. The highest BCUT2D eigenvalue weighted by molar-refractivity contribution is 5.47. The van der Waals surface area contributed by atoms with E-state index in [1.165, 1.54) is 29.6 Å². The molecule has 0 fully saturated rings. The van der Waals surface area contributed by atoms with Crippen LogP contribution in [0.3, 0.4) is 0 Å². The molecule has 0 unspecified atom stereocenters. The van der Waals surface area contributed by atoms with Crippen molar-refractivity contribution in [2.75, 3.05) is 0 Å². The van der Waals surface area contributed by atoms with Gasteiger partial charge >= 0.3 is 0 Å². The SMILES string of the molecule is CC1=C=CC2=C(C=CCC2)C1(C)C. The molecule has 0 atom stereocenters. The van der Waals surface area contributed by atoms with Crippen molar-refractivity contribution in [2.24, 2.45) is 5.41 Å². The number of hydrogen-bond donors (Lipinski definition) is 0. The van der Waals surface area contributed by atoms with E-state index in [9.17, 15) is 0 Å². The van der Waals surface area contributed by atoms with Crippen LogP contribution in [0.25, 0.3) is 0 Å². The molecular formula is C13H16. The van der Waals surface area contributed by atoms with Crippen LogP contribution in [0, 0.1) is 5.41 Å². The topological polar surface area (TPSA) is 0 Å². The van der Waals surface area contributed by atoms with Gasteiger partial charge in [-0.1, -0.05) is 26.0 Å². The Morgan fingerprint density at radius 3 is 2.92 bits per heavy atom. The van der Waals surface area contributed by atoms with E-state index in [0.717, 1.165) is 0 Å². The zero-order valence-electron chi connectivity index (χ0n) is 8.65. The smallest absolute Gasteiger partial charge is 0.0181 e. The quantitative estimate of drug-likeness (QED) is 0.488. The van der Waals surface area contributed by atoms with E-state index < -0.39 is 0 Å². The highest BCUT2D eigenvalue weighted by atomic mass is 14.3. The van der Waals surface area contributed by atoms with Crippen LogP contribution in [0.5, 0.6) is 0 Å². The monoisotopic (exact) mass is 172 g/mol. The molecule has 0 radical (unpaired) electrons. The first-order valence-corrected chi connectivity index (χ1v) is 4.96. The normalized spacial score (nSPS) is 24.4. The minimum absolute atomic E-state index is 0.195. The van der Waals surface area contributed by atoms with Crippen LogP contribution in [0.2, 0.25) is 0 Å². The summed E-state index contributed by atoms with van der Waals surface area (Å²) >= 11 is 0. The van der Waals surface area contributed by atoms with Crippen LogP contribution in [-0.2, 0) is 0 Å². The Bertz CT molecular complexity index is 355. The van der Waals surface area contributed by atoms with Gasteiger partial charge in [0.15, 0.2) is 0 Å². The molecule has 0 aromatic heterocycles. The van der Waals surface area contributed by atoms with Crippen LogP contribution in [-0.4, -0.2) is 0 Å². The molecule has 0 bridgehead atoms. The van der Waals surface area contributed by atoms with E-state index in [-0.39, 0.29) is 5.41 Å². The first kappa shape index (κ1) is 8.59. The first-order valence-electron chi connectivity index (χ1n) is 4.96. The third-order valence-corrected chi connectivity index (χ3v) is 3.28. The summed E-state index contributed by atoms with van der Waals surface area (Å²) in [7, 11) is 0. The second-order valence-electron chi connectivity index (χ2n) is 4.42. The van der Waals surface area contributed by atoms with Gasteiger partial charge in [0.25, 0.3) is 0 Å². The van der Waals surface area contributed by atoms with Crippen molar-refractivity contribution in [3.05, 3.63) is 40.7 Å². The van der Waals surface area contributed by atoms with Crippen LogP contribution >= 0.6 is 0 Å². The lowest BCUT2D eigenvalue weighted by atomic mass is 9.72.